The summed E-state index contributed by atoms with van der Waals surface area (Å²) in [5.74, 6) is -0.0506. The van der Waals surface area contributed by atoms with Crippen LogP contribution in [-0.4, -0.2) is 15.9 Å². The SMILES string of the molecule is Cc1cc(=O)c(C(=O)Nc2ccc(I)cn2)c[nH]1. The maximum atomic E-state index is 11.9. The van der Waals surface area contributed by atoms with Crippen molar-refractivity contribution < 1.29 is 4.79 Å². The third-order valence-corrected chi connectivity index (χ3v) is 2.91. The molecule has 6 heteroatoms. The zero-order chi connectivity index (χ0) is 13.1. The van der Waals surface area contributed by atoms with Gasteiger partial charge in [-0.25, -0.2) is 4.98 Å². The van der Waals surface area contributed by atoms with Crippen molar-refractivity contribution in [3.8, 4) is 0 Å². The smallest absolute Gasteiger partial charge is 0.262 e. The minimum atomic E-state index is -0.468. The molecule has 2 N–H and O–H groups in total. The Kier molecular flexibility index (Phi) is 3.75. The molecular weight excluding hydrogens is 345 g/mol. The Bertz CT molecular complexity index is 635. The van der Waals surface area contributed by atoms with Gasteiger partial charge in [-0.1, -0.05) is 0 Å². The molecule has 2 aromatic heterocycles. The predicted molar refractivity (Wildman–Crippen MR) is 76.7 cm³/mol. The van der Waals surface area contributed by atoms with Crippen LogP contribution in [0.2, 0.25) is 0 Å². The predicted octanol–water partition coefficient (Wildman–Crippen LogP) is 1.94. The van der Waals surface area contributed by atoms with Gasteiger partial charge in [0.1, 0.15) is 11.4 Å². The van der Waals surface area contributed by atoms with Gasteiger partial charge in [0.2, 0.25) is 0 Å². The second-order valence-electron chi connectivity index (χ2n) is 3.71. The number of aryl methyl sites for hydroxylation is 1. The number of hydrogen-bond donors (Lipinski definition) is 2. The quantitative estimate of drug-likeness (QED) is 0.809. The highest BCUT2D eigenvalue weighted by molar-refractivity contribution is 14.1. The number of aromatic nitrogens is 2. The first-order valence-corrected chi connectivity index (χ1v) is 6.26. The van der Waals surface area contributed by atoms with E-state index in [1.165, 1.54) is 12.3 Å². The van der Waals surface area contributed by atoms with Gasteiger partial charge in [-0.15, -0.1) is 0 Å². The molecule has 0 aliphatic heterocycles. The monoisotopic (exact) mass is 355 g/mol. The minimum absolute atomic E-state index is 0.0703. The molecule has 0 atom stereocenters. The number of pyridine rings is 2. The van der Waals surface area contributed by atoms with E-state index >= 15 is 0 Å². The molecule has 0 saturated carbocycles. The number of nitrogens with one attached hydrogen (secondary N) is 2. The number of anilines is 1. The van der Waals surface area contributed by atoms with Crippen molar-refractivity contribution in [2.24, 2.45) is 0 Å². The zero-order valence-corrected chi connectivity index (χ0v) is 11.7. The maximum Gasteiger partial charge on any atom is 0.262 e. The van der Waals surface area contributed by atoms with E-state index in [1.807, 2.05) is 6.07 Å². The van der Waals surface area contributed by atoms with Gasteiger partial charge in [0, 0.05) is 27.7 Å². The molecule has 0 unspecified atom stereocenters. The summed E-state index contributed by atoms with van der Waals surface area (Å²) in [6, 6.07) is 4.89. The Hall–Kier alpha value is -1.70. The largest absolute Gasteiger partial charge is 0.364 e. The van der Waals surface area contributed by atoms with Crippen LogP contribution >= 0.6 is 22.6 Å². The van der Waals surface area contributed by atoms with Crippen LogP contribution in [0, 0.1) is 10.5 Å². The molecule has 92 valence electrons. The molecule has 0 aromatic carbocycles. The Morgan fingerprint density at radius 3 is 2.83 bits per heavy atom. The Morgan fingerprint density at radius 2 is 2.22 bits per heavy atom. The van der Waals surface area contributed by atoms with Gasteiger partial charge in [0.25, 0.3) is 5.91 Å². The highest BCUT2D eigenvalue weighted by atomic mass is 127. The van der Waals surface area contributed by atoms with Crippen molar-refractivity contribution in [2.45, 2.75) is 6.92 Å². The van der Waals surface area contributed by atoms with Crippen molar-refractivity contribution in [3.63, 3.8) is 0 Å². The lowest BCUT2D eigenvalue weighted by atomic mass is 10.2. The summed E-state index contributed by atoms with van der Waals surface area (Å²) in [5.41, 5.74) is 0.471. The van der Waals surface area contributed by atoms with Crippen molar-refractivity contribution in [1.82, 2.24) is 9.97 Å². The van der Waals surface area contributed by atoms with Crippen LogP contribution in [0.5, 0.6) is 0 Å². The normalized spacial score (nSPS) is 10.1. The van der Waals surface area contributed by atoms with Crippen LogP contribution in [0.1, 0.15) is 16.1 Å². The van der Waals surface area contributed by atoms with E-state index in [-0.39, 0.29) is 11.0 Å². The molecule has 18 heavy (non-hydrogen) atoms. The molecule has 2 heterocycles. The molecule has 0 spiro atoms. The molecule has 0 bridgehead atoms. The minimum Gasteiger partial charge on any atom is -0.364 e. The van der Waals surface area contributed by atoms with Crippen LogP contribution in [0.4, 0.5) is 5.82 Å². The molecule has 0 aliphatic rings. The summed E-state index contributed by atoms with van der Waals surface area (Å²) in [7, 11) is 0. The summed E-state index contributed by atoms with van der Waals surface area (Å²) in [6.07, 6.45) is 3.04. The summed E-state index contributed by atoms with van der Waals surface area (Å²) < 4.78 is 0.971. The van der Waals surface area contributed by atoms with E-state index in [1.54, 1.807) is 19.2 Å². The van der Waals surface area contributed by atoms with Crippen LogP contribution in [0.3, 0.4) is 0 Å². The first-order chi connectivity index (χ1) is 8.56. The first kappa shape index (κ1) is 12.7. The van der Waals surface area contributed by atoms with E-state index in [0.717, 1.165) is 3.57 Å². The molecule has 0 saturated heterocycles. The summed E-state index contributed by atoms with van der Waals surface area (Å²) >= 11 is 2.12. The lowest BCUT2D eigenvalue weighted by Gasteiger charge is -2.04. The Labute approximate surface area is 117 Å². The second-order valence-corrected chi connectivity index (χ2v) is 4.96. The summed E-state index contributed by atoms with van der Waals surface area (Å²) in [6.45, 7) is 1.75. The molecule has 0 aliphatic carbocycles. The number of H-pyrrole nitrogens is 1. The average molecular weight is 355 g/mol. The first-order valence-electron chi connectivity index (χ1n) is 5.18. The Balaban J connectivity index is 2.22. The molecule has 2 aromatic rings. The zero-order valence-electron chi connectivity index (χ0n) is 9.53. The second kappa shape index (κ2) is 5.30. The molecular formula is C12H10IN3O2. The van der Waals surface area contributed by atoms with E-state index in [4.69, 9.17) is 0 Å². The van der Waals surface area contributed by atoms with Crippen molar-refractivity contribution in [1.29, 1.82) is 0 Å². The molecule has 1 amide bonds. The molecule has 0 fully saturated rings. The average Bonchev–Trinajstić information content (AvgIpc) is 2.32. The van der Waals surface area contributed by atoms with Crippen molar-refractivity contribution in [3.05, 3.63) is 55.6 Å². The van der Waals surface area contributed by atoms with E-state index < -0.39 is 5.91 Å². The standard InChI is InChI=1S/C12H10IN3O2/c1-7-4-10(17)9(6-14-7)12(18)16-11-3-2-8(13)5-15-11/h2-6H,1H3,(H,14,17)(H,15,16,18). The topological polar surface area (TPSA) is 74.8 Å². The van der Waals surface area contributed by atoms with Crippen LogP contribution in [0.25, 0.3) is 0 Å². The van der Waals surface area contributed by atoms with Crippen molar-refractivity contribution in [2.75, 3.05) is 5.32 Å². The van der Waals surface area contributed by atoms with Gasteiger partial charge in [-0.2, -0.15) is 0 Å². The molecule has 2 rings (SSSR count). The third-order valence-electron chi connectivity index (χ3n) is 2.27. The molecule has 0 radical (unpaired) electrons. The fourth-order valence-electron chi connectivity index (χ4n) is 1.38. The van der Waals surface area contributed by atoms with Gasteiger partial charge >= 0.3 is 0 Å². The lowest BCUT2D eigenvalue weighted by molar-refractivity contribution is 0.102. The maximum absolute atomic E-state index is 11.9. The van der Waals surface area contributed by atoms with Crippen LogP contribution in [-0.2, 0) is 0 Å². The summed E-state index contributed by atoms with van der Waals surface area (Å²) in [4.78, 5) is 30.4. The van der Waals surface area contributed by atoms with E-state index in [2.05, 4.69) is 37.9 Å². The van der Waals surface area contributed by atoms with Crippen LogP contribution in [0.15, 0.2) is 35.4 Å². The number of halogens is 1. The van der Waals surface area contributed by atoms with Gasteiger partial charge < -0.3 is 10.3 Å². The van der Waals surface area contributed by atoms with Gasteiger partial charge in [0.15, 0.2) is 5.43 Å². The Morgan fingerprint density at radius 1 is 1.44 bits per heavy atom. The fourth-order valence-corrected chi connectivity index (χ4v) is 1.70. The van der Waals surface area contributed by atoms with Crippen LogP contribution < -0.4 is 10.7 Å². The number of hydrogen-bond acceptors (Lipinski definition) is 3. The van der Waals surface area contributed by atoms with E-state index in [9.17, 15) is 9.59 Å². The highest BCUT2D eigenvalue weighted by Gasteiger charge is 2.10. The number of rotatable bonds is 2. The number of carbonyl (C=O) groups excluding carboxylic acids is 1. The van der Waals surface area contributed by atoms with Gasteiger partial charge in [-0.05, 0) is 41.6 Å². The number of aromatic amines is 1. The highest BCUT2D eigenvalue weighted by Crippen LogP contribution is 2.07. The van der Waals surface area contributed by atoms with Crippen molar-refractivity contribution >= 4 is 34.3 Å². The number of carbonyl (C=O) groups is 1. The number of amides is 1. The number of nitrogens with zero attached hydrogens (tertiary/aromatic N) is 1. The lowest BCUT2D eigenvalue weighted by Crippen LogP contribution is -2.22. The van der Waals surface area contributed by atoms with Gasteiger partial charge in [-0.3, -0.25) is 9.59 Å². The third kappa shape index (κ3) is 2.95. The fraction of sp³-hybridized carbons (Fsp3) is 0.0833. The summed E-state index contributed by atoms with van der Waals surface area (Å²) in [5, 5.41) is 2.57. The molecule has 5 nitrogen and oxygen atoms in total. The van der Waals surface area contributed by atoms with Gasteiger partial charge in [0.05, 0.1) is 0 Å². The van der Waals surface area contributed by atoms with E-state index in [0.29, 0.717) is 11.5 Å².